The number of amidine groups is 1. The number of ether oxygens (including phenoxy) is 1. The third-order valence-electron chi connectivity index (χ3n) is 2.72. The summed E-state index contributed by atoms with van der Waals surface area (Å²) in [6.45, 7) is 2.45. The van der Waals surface area contributed by atoms with E-state index in [1.54, 1.807) is 38.3 Å². The van der Waals surface area contributed by atoms with Gasteiger partial charge in [0.1, 0.15) is 0 Å². The van der Waals surface area contributed by atoms with Crippen LogP contribution in [0.15, 0.2) is 29.3 Å². The van der Waals surface area contributed by atoms with E-state index < -0.39 is 0 Å². The van der Waals surface area contributed by atoms with Crippen molar-refractivity contribution in [1.29, 1.82) is 0 Å². The molecule has 0 unspecified atom stereocenters. The molecule has 0 radical (unpaired) electrons. The summed E-state index contributed by atoms with van der Waals surface area (Å²) in [6.07, 6.45) is 0. The summed E-state index contributed by atoms with van der Waals surface area (Å²) in [5.74, 6) is 0.202. The lowest BCUT2D eigenvalue weighted by Crippen LogP contribution is -2.33. The summed E-state index contributed by atoms with van der Waals surface area (Å²) in [5, 5.41) is 9.99. The Morgan fingerprint density at radius 3 is 2.67 bits per heavy atom. The van der Waals surface area contributed by atoms with Gasteiger partial charge in [0.15, 0.2) is 6.54 Å². The summed E-state index contributed by atoms with van der Waals surface area (Å²) >= 11 is 0. The van der Waals surface area contributed by atoms with Crippen molar-refractivity contribution < 1.29 is 19.4 Å². The topological polar surface area (TPSA) is 64.9 Å². The molecule has 2 rings (SSSR count). The van der Waals surface area contributed by atoms with E-state index in [0.29, 0.717) is 30.2 Å². The average molecular weight is 249 g/mol. The van der Waals surface area contributed by atoms with Crippen LogP contribution in [0.5, 0.6) is 0 Å². The molecule has 0 aliphatic carbocycles. The number of aliphatic imine (C=N–C) groups is 1. The van der Waals surface area contributed by atoms with Crippen molar-refractivity contribution in [2.75, 3.05) is 20.3 Å². The largest absolute Gasteiger partial charge is 0.434 e. The van der Waals surface area contributed by atoms with E-state index in [1.165, 1.54) is 0 Å². The van der Waals surface area contributed by atoms with Crippen LogP contribution in [0, 0.1) is 4.91 Å². The van der Waals surface area contributed by atoms with E-state index >= 15 is 0 Å². The number of fused-ring (bicyclic) bond motifs is 1. The third kappa shape index (κ3) is 2.02. The fraction of sp³-hybridized carbons (Fsp3) is 0.333. The summed E-state index contributed by atoms with van der Waals surface area (Å²) < 4.78 is 6.60. The highest BCUT2D eigenvalue weighted by Crippen LogP contribution is 2.29. The first-order valence-electron chi connectivity index (χ1n) is 5.59. The Balaban J connectivity index is 2.46. The van der Waals surface area contributed by atoms with Gasteiger partial charge in [-0.15, -0.1) is 0 Å². The van der Waals surface area contributed by atoms with E-state index in [2.05, 4.69) is 4.99 Å². The SMILES string of the molecule is COCCN=C1C(C)=[N+](O)c2ccccc2[N+]1=O. The number of methoxy groups -OCH3 is 1. The van der Waals surface area contributed by atoms with E-state index in [4.69, 9.17) is 4.74 Å². The maximum atomic E-state index is 12.2. The Hall–Kier alpha value is -2.08. The van der Waals surface area contributed by atoms with Gasteiger partial charge in [0.05, 0.1) is 6.61 Å². The van der Waals surface area contributed by atoms with Crippen LogP contribution in [-0.4, -0.2) is 46.5 Å². The molecule has 6 nitrogen and oxygen atoms in total. The van der Waals surface area contributed by atoms with Crippen molar-refractivity contribution in [3.05, 3.63) is 29.2 Å². The molecule has 0 spiro atoms. The lowest BCUT2D eigenvalue weighted by molar-refractivity contribution is -0.717. The highest BCUT2D eigenvalue weighted by atomic mass is 16.5. The van der Waals surface area contributed by atoms with Crippen LogP contribution in [0.25, 0.3) is 0 Å². The van der Waals surface area contributed by atoms with Crippen molar-refractivity contribution in [2.24, 2.45) is 4.99 Å². The second kappa shape index (κ2) is 5.05. The molecule has 0 saturated heterocycles. The van der Waals surface area contributed by atoms with Gasteiger partial charge in [-0.3, -0.25) is 5.21 Å². The average Bonchev–Trinajstić information content (AvgIpc) is 2.40. The molecule has 0 atom stereocenters. The molecular weight excluding hydrogens is 234 g/mol. The Kier molecular flexibility index (Phi) is 3.47. The number of rotatable bonds is 3. The monoisotopic (exact) mass is 249 g/mol. The molecule has 18 heavy (non-hydrogen) atoms. The van der Waals surface area contributed by atoms with Gasteiger partial charge < -0.3 is 4.74 Å². The minimum atomic E-state index is 0.202. The molecular formula is C12H15N3O3+2. The normalized spacial score (nSPS) is 17.2. The number of nitroso groups, excluding NO2 is 1. The van der Waals surface area contributed by atoms with Gasteiger partial charge in [0, 0.05) is 29.6 Å². The molecule has 6 heteroatoms. The smallest absolute Gasteiger partial charge is 0.380 e. The second-order valence-electron chi connectivity index (χ2n) is 3.88. The van der Waals surface area contributed by atoms with Crippen LogP contribution in [0.3, 0.4) is 0 Å². The lowest BCUT2D eigenvalue weighted by Gasteiger charge is -2.05. The molecule has 0 bridgehead atoms. The van der Waals surface area contributed by atoms with Crippen molar-refractivity contribution in [3.8, 4) is 0 Å². The van der Waals surface area contributed by atoms with Crippen LogP contribution >= 0.6 is 0 Å². The highest BCUT2D eigenvalue weighted by Gasteiger charge is 2.42. The molecule has 1 aliphatic rings. The Morgan fingerprint density at radius 1 is 1.33 bits per heavy atom. The van der Waals surface area contributed by atoms with Gasteiger partial charge in [0.2, 0.25) is 0 Å². The zero-order chi connectivity index (χ0) is 13.1. The quantitative estimate of drug-likeness (QED) is 0.503. The van der Waals surface area contributed by atoms with Crippen LogP contribution in [0.4, 0.5) is 11.4 Å². The van der Waals surface area contributed by atoms with E-state index in [0.717, 1.165) is 9.50 Å². The summed E-state index contributed by atoms with van der Waals surface area (Å²) in [7, 11) is 1.57. The third-order valence-corrected chi connectivity index (χ3v) is 2.72. The fourth-order valence-corrected chi connectivity index (χ4v) is 1.77. The van der Waals surface area contributed by atoms with Crippen LogP contribution in [-0.2, 0) is 4.74 Å². The zero-order valence-electron chi connectivity index (χ0n) is 10.3. The number of nitrogens with zero attached hydrogens (tertiary/aromatic N) is 3. The van der Waals surface area contributed by atoms with Crippen LogP contribution < -0.4 is 0 Å². The molecule has 1 N–H and O–H groups in total. The predicted octanol–water partition coefficient (Wildman–Crippen LogP) is 1.65. The number of para-hydroxylation sites is 2. The predicted molar refractivity (Wildman–Crippen MR) is 66.3 cm³/mol. The van der Waals surface area contributed by atoms with Crippen molar-refractivity contribution in [1.82, 2.24) is 0 Å². The Morgan fingerprint density at radius 2 is 2.00 bits per heavy atom. The van der Waals surface area contributed by atoms with E-state index in [9.17, 15) is 10.1 Å². The molecule has 0 aromatic heterocycles. The van der Waals surface area contributed by atoms with Gasteiger partial charge in [-0.05, 0) is 6.07 Å². The minimum Gasteiger partial charge on any atom is -0.380 e. The molecule has 1 aromatic carbocycles. The molecule has 0 fully saturated rings. The van der Waals surface area contributed by atoms with E-state index in [-0.39, 0.29) is 5.84 Å². The summed E-state index contributed by atoms with van der Waals surface area (Å²) in [4.78, 5) is 16.3. The number of hydrogen-bond donors (Lipinski definition) is 1. The molecule has 1 aliphatic heterocycles. The Bertz CT molecular complexity index is 549. The first kappa shape index (κ1) is 12.4. The van der Waals surface area contributed by atoms with Crippen molar-refractivity contribution in [2.45, 2.75) is 6.92 Å². The first-order valence-corrected chi connectivity index (χ1v) is 5.59. The molecule has 1 aromatic rings. The van der Waals surface area contributed by atoms with Gasteiger partial charge in [-0.25, -0.2) is 0 Å². The maximum absolute atomic E-state index is 12.2. The van der Waals surface area contributed by atoms with Crippen molar-refractivity contribution in [3.63, 3.8) is 0 Å². The van der Waals surface area contributed by atoms with E-state index in [1.807, 2.05) is 0 Å². The first-order chi connectivity index (χ1) is 8.66. The lowest BCUT2D eigenvalue weighted by atomic mass is 10.2. The van der Waals surface area contributed by atoms with Gasteiger partial charge in [-0.1, -0.05) is 22.0 Å². The van der Waals surface area contributed by atoms with Gasteiger partial charge >= 0.3 is 17.2 Å². The molecule has 1 heterocycles. The number of benzene rings is 1. The zero-order valence-corrected chi connectivity index (χ0v) is 10.3. The molecule has 0 amide bonds. The Labute approximate surface area is 104 Å². The fourth-order valence-electron chi connectivity index (χ4n) is 1.77. The van der Waals surface area contributed by atoms with Gasteiger partial charge in [-0.2, -0.15) is 0 Å². The molecule has 0 saturated carbocycles. The van der Waals surface area contributed by atoms with Crippen LogP contribution in [0.1, 0.15) is 6.92 Å². The maximum Gasteiger partial charge on any atom is 0.434 e. The van der Waals surface area contributed by atoms with Gasteiger partial charge in [0.25, 0.3) is 5.69 Å². The minimum absolute atomic E-state index is 0.202. The standard InChI is InChI=1S/C12H15N3O3/c1-9-12(13-7-8-18-2)15(17)11-6-4-3-5-10(11)14(9)16/h3-6,16H,7-8H2,1-2H3/q+2. The second-order valence-corrected chi connectivity index (χ2v) is 3.88. The number of hydrogen-bond acceptors (Lipinski definition) is 4. The summed E-state index contributed by atoms with van der Waals surface area (Å²) in [6, 6.07) is 6.82. The summed E-state index contributed by atoms with van der Waals surface area (Å²) in [5.41, 5.74) is 1.23. The van der Waals surface area contributed by atoms with Crippen molar-refractivity contribution >= 4 is 22.9 Å². The van der Waals surface area contributed by atoms with Crippen LogP contribution in [0.2, 0.25) is 0 Å². The molecule has 94 valence electrons. The highest BCUT2D eigenvalue weighted by molar-refractivity contribution is 6.35.